The second kappa shape index (κ2) is 16.6. The SMILES string of the molecule is COc1cccc([C@H]2OC(c3ccc(OCCCO)cc3)=N[C@@]2(C/C=C/c2ccccc2)C(=O)NCc2cc(OC)c(OC)c(OC)c2)c1. The first-order valence-electron chi connectivity index (χ1n) is 16.0. The van der Waals surface area contributed by atoms with E-state index in [1.54, 1.807) is 40.6 Å². The van der Waals surface area contributed by atoms with Crippen LogP contribution in [-0.2, 0) is 16.1 Å². The Balaban J connectivity index is 1.55. The van der Waals surface area contributed by atoms with E-state index in [1.165, 1.54) is 0 Å². The minimum atomic E-state index is -1.40. The van der Waals surface area contributed by atoms with Crippen LogP contribution < -0.4 is 29.0 Å². The molecular formula is C39H42N2O8. The van der Waals surface area contributed by atoms with Crippen LogP contribution in [0.1, 0.15) is 41.2 Å². The van der Waals surface area contributed by atoms with Gasteiger partial charge in [-0.25, -0.2) is 4.99 Å². The molecule has 2 atom stereocenters. The highest BCUT2D eigenvalue weighted by Gasteiger charge is 2.52. The normalized spacial score (nSPS) is 16.8. The van der Waals surface area contributed by atoms with Crippen molar-refractivity contribution in [2.45, 2.75) is 31.0 Å². The van der Waals surface area contributed by atoms with Gasteiger partial charge in [0.05, 0.1) is 35.0 Å². The summed E-state index contributed by atoms with van der Waals surface area (Å²) in [7, 11) is 6.24. The van der Waals surface area contributed by atoms with Crippen LogP contribution in [0.25, 0.3) is 6.08 Å². The summed E-state index contributed by atoms with van der Waals surface area (Å²) in [6.07, 6.45) is 3.90. The van der Waals surface area contributed by atoms with Gasteiger partial charge in [0.15, 0.2) is 23.1 Å². The monoisotopic (exact) mass is 666 g/mol. The first kappa shape index (κ1) is 34.8. The molecule has 1 aliphatic rings. The van der Waals surface area contributed by atoms with Gasteiger partial charge in [-0.2, -0.15) is 0 Å². The Bertz CT molecular complexity index is 1730. The second-order valence-electron chi connectivity index (χ2n) is 11.3. The fourth-order valence-electron chi connectivity index (χ4n) is 5.63. The Labute approximate surface area is 286 Å². The van der Waals surface area contributed by atoms with E-state index in [4.69, 9.17) is 38.5 Å². The Morgan fingerprint density at radius 3 is 2.27 bits per heavy atom. The van der Waals surface area contributed by atoms with E-state index in [9.17, 15) is 4.79 Å². The fourth-order valence-corrected chi connectivity index (χ4v) is 5.63. The van der Waals surface area contributed by atoms with E-state index in [-0.39, 0.29) is 25.5 Å². The molecule has 0 aliphatic carbocycles. The number of aliphatic imine (C=N–C) groups is 1. The van der Waals surface area contributed by atoms with Crippen molar-refractivity contribution in [3.8, 4) is 28.7 Å². The molecule has 4 aromatic carbocycles. The molecule has 0 unspecified atom stereocenters. The van der Waals surface area contributed by atoms with Gasteiger partial charge in [-0.05, 0) is 65.2 Å². The average Bonchev–Trinajstić information content (AvgIpc) is 3.54. The van der Waals surface area contributed by atoms with Crippen molar-refractivity contribution in [1.82, 2.24) is 5.32 Å². The topological polar surface area (TPSA) is 117 Å². The lowest BCUT2D eigenvalue weighted by Gasteiger charge is -2.30. The molecule has 0 radical (unpaired) electrons. The smallest absolute Gasteiger partial charge is 0.252 e. The molecule has 256 valence electrons. The van der Waals surface area contributed by atoms with Crippen LogP contribution in [0.5, 0.6) is 28.7 Å². The summed E-state index contributed by atoms with van der Waals surface area (Å²) in [6, 6.07) is 28.3. The number of aliphatic hydroxyl groups excluding tert-OH is 1. The number of amides is 1. The molecule has 10 heteroatoms. The van der Waals surface area contributed by atoms with Crippen LogP contribution in [0, 0.1) is 0 Å². The van der Waals surface area contributed by atoms with Crippen molar-refractivity contribution >= 4 is 17.9 Å². The van der Waals surface area contributed by atoms with E-state index in [1.807, 2.05) is 91.0 Å². The molecule has 0 fully saturated rings. The number of hydrogen-bond donors (Lipinski definition) is 2. The Hall–Kier alpha value is -5.48. The number of carbonyl (C=O) groups is 1. The summed E-state index contributed by atoms with van der Waals surface area (Å²) < 4.78 is 34.5. The molecule has 5 rings (SSSR count). The van der Waals surface area contributed by atoms with E-state index in [0.717, 1.165) is 16.7 Å². The van der Waals surface area contributed by atoms with Crippen LogP contribution in [0.2, 0.25) is 0 Å². The third kappa shape index (κ3) is 8.16. The summed E-state index contributed by atoms with van der Waals surface area (Å²) in [5.74, 6) is 2.70. The van der Waals surface area contributed by atoms with Gasteiger partial charge in [-0.3, -0.25) is 4.79 Å². The number of carbonyl (C=O) groups excluding carboxylic acids is 1. The molecule has 0 saturated heterocycles. The minimum absolute atomic E-state index is 0.0524. The molecule has 0 bridgehead atoms. The molecule has 0 saturated carbocycles. The van der Waals surface area contributed by atoms with Crippen molar-refractivity contribution in [2.24, 2.45) is 4.99 Å². The third-order valence-electron chi connectivity index (χ3n) is 8.14. The predicted octanol–water partition coefficient (Wildman–Crippen LogP) is 6.16. The maximum Gasteiger partial charge on any atom is 0.252 e. The first-order valence-corrected chi connectivity index (χ1v) is 16.0. The van der Waals surface area contributed by atoms with Crippen molar-refractivity contribution in [3.05, 3.63) is 119 Å². The molecule has 4 aromatic rings. The molecule has 49 heavy (non-hydrogen) atoms. The number of aliphatic hydroxyl groups is 1. The summed E-state index contributed by atoms with van der Waals surface area (Å²) in [5.41, 5.74) is 1.76. The van der Waals surface area contributed by atoms with Crippen LogP contribution >= 0.6 is 0 Å². The zero-order chi connectivity index (χ0) is 34.6. The number of rotatable bonds is 16. The molecule has 1 amide bonds. The number of benzene rings is 4. The van der Waals surface area contributed by atoms with Gasteiger partial charge in [-0.15, -0.1) is 0 Å². The number of ether oxygens (including phenoxy) is 6. The highest BCUT2D eigenvalue weighted by molar-refractivity contribution is 6.01. The molecule has 1 heterocycles. The van der Waals surface area contributed by atoms with Gasteiger partial charge in [0.2, 0.25) is 11.6 Å². The Morgan fingerprint density at radius 1 is 0.878 bits per heavy atom. The molecule has 10 nitrogen and oxygen atoms in total. The lowest BCUT2D eigenvalue weighted by molar-refractivity contribution is -0.129. The van der Waals surface area contributed by atoms with E-state index < -0.39 is 11.6 Å². The number of methoxy groups -OCH3 is 4. The lowest BCUT2D eigenvalue weighted by atomic mass is 9.84. The first-order chi connectivity index (χ1) is 23.9. The number of hydrogen-bond acceptors (Lipinski definition) is 9. The van der Waals surface area contributed by atoms with Crippen LogP contribution in [0.4, 0.5) is 0 Å². The van der Waals surface area contributed by atoms with Crippen molar-refractivity contribution < 1.29 is 38.3 Å². The summed E-state index contributed by atoms with van der Waals surface area (Å²) in [5, 5.41) is 12.2. The van der Waals surface area contributed by atoms with Crippen molar-refractivity contribution in [1.29, 1.82) is 0 Å². The molecule has 0 aromatic heterocycles. The maximum absolute atomic E-state index is 14.6. The minimum Gasteiger partial charge on any atom is -0.497 e. The zero-order valence-electron chi connectivity index (χ0n) is 28.2. The largest absolute Gasteiger partial charge is 0.497 e. The van der Waals surface area contributed by atoms with Crippen LogP contribution in [0.3, 0.4) is 0 Å². The summed E-state index contributed by atoms with van der Waals surface area (Å²) >= 11 is 0. The molecule has 1 aliphatic heterocycles. The predicted molar refractivity (Wildman–Crippen MR) is 188 cm³/mol. The highest BCUT2D eigenvalue weighted by Crippen LogP contribution is 2.44. The van der Waals surface area contributed by atoms with E-state index in [2.05, 4.69) is 5.32 Å². The quantitative estimate of drug-likeness (QED) is 0.137. The molecular weight excluding hydrogens is 624 g/mol. The van der Waals surface area contributed by atoms with Crippen LogP contribution in [-0.4, -0.2) is 64.1 Å². The summed E-state index contributed by atoms with van der Waals surface area (Å²) in [4.78, 5) is 19.7. The Morgan fingerprint density at radius 2 is 1.61 bits per heavy atom. The van der Waals surface area contributed by atoms with Gasteiger partial charge in [0.25, 0.3) is 5.91 Å². The fraction of sp³-hybridized carbons (Fsp3) is 0.282. The summed E-state index contributed by atoms with van der Waals surface area (Å²) in [6.45, 7) is 0.611. The van der Waals surface area contributed by atoms with Gasteiger partial charge in [0.1, 0.15) is 11.5 Å². The van der Waals surface area contributed by atoms with Crippen molar-refractivity contribution in [2.75, 3.05) is 41.7 Å². The number of nitrogens with zero attached hydrogens (tertiary/aromatic N) is 1. The van der Waals surface area contributed by atoms with Crippen molar-refractivity contribution in [3.63, 3.8) is 0 Å². The van der Waals surface area contributed by atoms with Gasteiger partial charge in [-0.1, -0.05) is 54.6 Å². The molecule has 2 N–H and O–H groups in total. The van der Waals surface area contributed by atoms with Gasteiger partial charge < -0.3 is 38.8 Å². The average molecular weight is 667 g/mol. The zero-order valence-corrected chi connectivity index (χ0v) is 28.2. The maximum atomic E-state index is 14.6. The number of nitrogens with one attached hydrogen (secondary N) is 1. The Kier molecular flexibility index (Phi) is 11.8. The standard InChI is InChI=1S/C39H42N2O8/c1-44-32-15-8-14-30(25-32)36-39(20-9-13-27-11-6-5-7-12-27,41-37(49-36)29-16-18-31(19-17-29)48-22-10-21-42)38(43)40-26-28-23-33(45-2)35(47-4)34(24-28)46-3/h5-9,11-19,23-25,36,42H,10,20-22,26H2,1-4H3,(H,40,43)/b13-9+/t36-,39-/m1/s1. The van der Waals surface area contributed by atoms with E-state index in [0.29, 0.717) is 53.2 Å². The van der Waals surface area contributed by atoms with Gasteiger partial charge >= 0.3 is 0 Å². The third-order valence-corrected chi connectivity index (χ3v) is 8.14. The lowest BCUT2D eigenvalue weighted by Crippen LogP contribution is -2.47. The highest BCUT2D eigenvalue weighted by atomic mass is 16.5. The van der Waals surface area contributed by atoms with Crippen LogP contribution in [0.15, 0.2) is 102 Å². The van der Waals surface area contributed by atoms with Gasteiger partial charge in [0, 0.05) is 31.6 Å². The molecule has 0 spiro atoms. The second-order valence-corrected chi connectivity index (χ2v) is 11.3. The van der Waals surface area contributed by atoms with E-state index >= 15 is 0 Å².